The number of hydrogen-bond acceptors (Lipinski definition) is 4. The van der Waals surface area contributed by atoms with Crippen molar-refractivity contribution in [1.82, 2.24) is 9.88 Å². The van der Waals surface area contributed by atoms with Crippen molar-refractivity contribution < 1.29 is 23.1 Å². The van der Waals surface area contributed by atoms with Crippen LogP contribution in [0, 0.1) is 11.6 Å². The van der Waals surface area contributed by atoms with Crippen LogP contribution < -0.4 is 0 Å². The molecule has 1 atom stereocenters. The van der Waals surface area contributed by atoms with E-state index in [2.05, 4.69) is 4.98 Å². The predicted molar refractivity (Wildman–Crippen MR) is 102 cm³/mol. The molecule has 2 aromatic carbocycles. The van der Waals surface area contributed by atoms with Crippen LogP contribution in [-0.4, -0.2) is 34.6 Å². The fourth-order valence-corrected chi connectivity index (χ4v) is 4.55. The second-order valence-corrected chi connectivity index (χ2v) is 7.45. The zero-order chi connectivity index (χ0) is 19.8. The maximum absolute atomic E-state index is 14.1. The highest BCUT2D eigenvalue weighted by atomic mass is 32.2. The molecular weight excluding hydrogens is 386 g/mol. The number of esters is 1. The van der Waals surface area contributed by atoms with E-state index in [4.69, 9.17) is 4.74 Å². The molecule has 144 valence electrons. The number of halogens is 2. The molecule has 1 fully saturated rings. The maximum Gasteiger partial charge on any atom is 0.337 e. The lowest BCUT2D eigenvalue weighted by Gasteiger charge is -2.24. The number of H-pyrrole nitrogens is 1. The number of fused-ring (bicyclic) bond motifs is 1. The first-order chi connectivity index (χ1) is 13.5. The summed E-state index contributed by atoms with van der Waals surface area (Å²) in [6.07, 6.45) is 1.76. The average molecular weight is 402 g/mol. The summed E-state index contributed by atoms with van der Waals surface area (Å²) >= 11 is 1.40. The quantitative estimate of drug-likeness (QED) is 0.670. The van der Waals surface area contributed by atoms with Crippen LogP contribution in [0.1, 0.15) is 26.9 Å². The molecule has 1 aromatic heterocycles. The number of hydrogen-bond donors (Lipinski definition) is 1. The monoisotopic (exact) mass is 402 g/mol. The van der Waals surface area contributed by atoms with Gasteiger partial charge in [-0.2, -0.15) is 0 Å². The van der Waals surface area contributed by atoms with Gasteiger partial charge < -0.3 is 14.6 Å². The van der Waals surface area contributed by atoms with Crippen molar-refractivity contribution in [3.05, 3.63) is 70.9 Å². The molecule has 1 N–H and O–H groups in total. The molecule has 0 radical (unpaired) electrons. The standard InChI is InChI=1S/C20H16F2N2O3S/c1-27-20(26)11-5-6-12-13(8-23-17(12)7-11)19-24(18(25)10-28-19)9-14-15(21)3-2-4-16(14)22/h2-8,19,23H,9-10H2,1H3. The number of rotatable bonds is 4. The van der Waals surface area contributed by atoms with Crippen LogP contribution >= 0.6 is 11.8 Å². The van der Waals surface area contributed by atoms with Crippen LogP contribution in [0.4, 0.5) is 8.78 Å². The third kappa shape index (κ3) is 3.13. The number of carbonyl (C=O) groups is 2. The predicted octanol–water partition coefficient (Wildman–Crippen LogP) is 4.01. The minimum absolute atomic E-state index is 0.129. The second kappa shape index (κ2) is 7.27. The van der Waals surface area contributed by atoms with E-state index in [1.165, 1.54) is 42.0 Å². The summed E-state index contributed by atoms with van der Waals surface area (Å²) in [5.74, 6) is -1.75. The van der Waals surface area contributed by atoms with Gasteiger partial charge in [-0.15, -0.1) is 11.8 Å². The van der Waals surface area contributed by atoms with Crippen molar-refractivity contribution in [3.8, 4) is 0 Å². The van der Waals surface area contributed by atoms with Crippen molar-refractivity contribution in [1.29, 1.82) is 0 Å². The molecule has 1 amide bonds. The molecule has 8 heteroatoms. The fraction of sp³-hybridized carbons (Fsp3) is 0.200. The van der Waals surface area contributed by atoms with Gasteiger partial charge in [0.2, 0.25) is 5.91 Å². The summed E-state index contributed by atoms with van der Waals surface area (Å²) in [4.78, 5) is 28.7. The van der Waals surface area contributed by atoms with Crippen LogP contribution in [0.2, 0.25) is 0 Å². The maximum atomic E-state index is 14.1. The normalized spacial score (nSPS) is 16.8. The Hall–Kier alpha value is -2.87. The molecule has 0 bridgehead atoms. The molecule has 1 saturated heterocycles. The summed E-state index contributed by atoms with van der Waals surface area (Å²) in [5, 5.41) is 0.447. The number of ether oxygens (including phenoxy) is 1. The first-order valence-corrected chi connectivity index (χ1v) is 9.57. The summed E-state index contributed by atoms with van der Waals surface area (Å²) in [7, 11) is 1.31. The van der Waals surface area contributed by atoms with E-state index in [1.807, 2.05) is 0 Å². The van der Waals surface area contributed by atoms with E-state index >= 15 is 0 Å². The average Bonchev–Trinajstić information content (AvgIpc) is 3.26. The van der Waals surface area contributed by atoms with Gasteiger partial charge in [0.15, 0.2) is 0 Å². The Kier molecular flexibility index (Phi) is 4.80. The molecule has 0 aliphatic carbocycles. The molecule has 4 rings (SSSR count). The first-order valence-electron chi connectivity index (χ1n) is 8.53. The largest absolute Gasteiger partial charge is 0.465 e. The van der Waals surface area contributed by atoms with Crippen molar-refractivity contribution in [3.63, 3.8) is 0 Å². The fourth-order valence-electron chi connectivity index (χ4n) is 3.33. The van der Waals surface area contributed by atoms with Crippen LogP contribution in [0.15, 0.2) is 42.6 Å². The zero-order valence-corrected chi connectivity index (χ0v) is 15.7. The molecule has 3 aromatic rings. The van der Waals surface area contributed by atoms with Crippen molar-refractivity contribution in [2.45, 2.75) is 11.9 Å². The van der Waals surface area contributed by atoms with E-state index < -0.39 is 17.6 Å². The Labute approximate surface area is 163 Å². The van der Waals surface area contributed by atoms with Gasteiger partial charge in [-0.25, -0.2) is 13.6 Å². The molecule has 1 aliphatic rings. The number of nitrogens with zero attached hydrogens (tertiary/aromatic N) is 1. The van der Waals surface area contributed by atoms with Crippen molar-refractivity contribution in [2.24, 2.45) is 0 Å². The van der Waals surface area contributed by atoms with Gasteiger partial charge in [0.1, 0.15) is 17.0 Å². The Morgan fingerprint density at radius 3 is 2.75 bits per heavy atom. The van der Waals surface area contributed by atoms with E-state index in [9.17, 15) is 18.4 Å². The van der Waals surface area contributed by atoms with Crippen LogP contribution in [0.25, 0.3) is 10.9 Å². The topological polar surface area (TPSA) is 62.4 Å². The van der Waals surface area contributed by atoms with E-state index in [-0.39, 0.29) is 29.1 Å². The summed E-state index contributed by atoms with van der Waals surface area (Å²) in [6.45, 7) is -0.151. The number of aromatic amines is 1. The molecular formula is C20H16F2N2O3S. The molecule has 1 aliphatic heterocycles. The minimum Gasteiger partial charge on any atom is -0.465 e. The van der Waals surface area contributed by atoms with Gasteiger partial charge in [0.05, 0.1) is 25.0 Å². The number of aromatic nitrogens is 1. The Morgan fingerprint density at radius 1 is 1.29 bits per heavy atom. The SMILES string of the molecule is COC(=O)c1ccc2c(C3SCC(=O)N3Cc3c(F)cccc3F)c[nH]c2c1. The molecule has 0 saturated carbocycles. The van der Waals surface area contributed by atoms with E-state index in [0.29, 0.717) is 5.56 Å². The van der Waals surface area contributed by atoms with Gasteiger partial charge in [-0.05, 0) is 24.3 Å². The third-order valence-corrected chi connectivity index (χ3v) is 6.00. The van der Waals surface area contributed by atoms with Crippen LogP contribution in [-0.2, 0) is 16.1 Å². The lowest BCUT2D eigenvalue weighted by molar-refractivity contribution is -0.128. The summed E-state index contributed by atoms with van der Waals surface area (Å²) in [6, 6.07) is 8.76. The Bertz CT molecular complexity index is 1060. The first kappa shape index (κ1) is 18.5. The van der Waals surface area contributed by atoms with Gasteiger partial charge in [0, 0.05) is 28.2 Å². The molecule has 5 nitrogen and oxygen atoms in total. The minimum atomic E-state index is -0.676. The van der Waals surface area contributed by atoms with Crippen LogP contribution in [0.5, 0.6) is 0 Å². The Balaban J connectivity index is 1.69. The van der Waals surface area contributed by atoms with Crippen LogP contribution in [0.3, 0.4) is 0 Å². The molecule has 1 unspecified atom stereocenters. The van der Waals surface area contributed by atoms with Crippen molar-refractivity contribution in [2.75, 3.05) is 12.9 Å². The van der Waals surface area contributed by atoms with E-state index in [0.717, 1.165) is 16.5 Å². The zero-order valence-electron chi connectivity index (χ0n) is 14.9. The summed E-state index contributed by atoms with van der Waals surface area (Å²) in [5.41, 5.74) is 1.81. The number of methoxy groups -OCH3 is 1. The lowest BCUT2D eigenvalue weighted by Crippen LogP contribution is -2.28. The number of thioether (sulfide) groups is 1. The third-order valence-electron chi connectivity index (χ3n) is 4.76. The highest BCUT2D eigenvalue weighted by molar-refractivity contribution is 8.00. The van der Waals surface area contributed by atoms with Crippen molar-refractivity contribution >= 4 is 34.5 Å². The molecule has 0 spiro atoms. The smallest absolute Gasteiger partial charge is 0.337 e. The lowest BCUT2D eigenvalue weighted by atomic mass is 10.1. The summed E-state index contributed by atoms with van der Waals surface area (Å²) < 4.78 is 32.9. The molecule has 2 heterocycles. The number of amides is 1. The highest BCUT2D eigenvalue weighted by Gasteiger charge is 2.35. The number of benzene rings is 2. The van der Waals surface area contributed by atoms with Gasteiger partial charge in [0.25, 0.3) is 0 Å². The number of carbonyl (C=O) groups excluding carboxylic acids is 2. The van der Waals surface area contributed by atoms with E-state index in [1.54, 1.807) is 24.4 Å². The van der Waals surface area contributed by atoms with Gasteiger partial charge >= 0.3 is 5.97 Å². The van der Waals surface area contributed by atoms with Gasteiger partial charge in [-0.1, -0.05) is 12.1 Å². The number of nitrogens with one attached hydrogen (secondary N) is 1. The Morgan fingerprint density at radius 2 is 2.04 bits per heavy atom. The highest BCUT2D eigenvalue weighted by Crippen LogP contribution is 2.42. The second-order valence-electron chi connectivity index (χ2n) is 6.38. The van der Waals surface area contributed by atoms with Gasteiger partial charge in [-0.3, -0.25) is 4.79 Å². The molecule has 28 heavy (non-hydrogen) atoms.